The summed E-state index contributed by atoms with van der Waals surface area (Å²) < 4.78 is 26.4. The molecular formula is C16H23FN2O6. The van der Waals surface area contributed by atoms with Crippen molar-refractivity contribution in [3.8, 4) is 0 Å². The molecule has 25 heavy (non-hydrogen) atoms. The molecule has 0 spiro atoms. The Morgan fingerprint density at radius 2 is 2.12 bits per heavy atom. The summed E-state index contributed by atoms with van der Waals surface area (Å²) in [6.45, 7) is 0.0313. The SMILES string of the molecule is CC1(OC2(O)CCCC2)CC(CO)(CF)OC1n1ccc(=O)[nH]c1=O. The minimum atomic E-state index is -1.54. The highest BCUT2D eigenvalue weighted by molar-refractivity contribution is 5.03. The number of nitrogens with zero attached hydrogens (tertiary/aromatic N) is 1. The van der Waals surface area contributed by atoms with Crippen molar-refractivity contribution in [2.75, 3.05) is 13.3 Å². The lowest BCUT2D eigenvalue weighted by Crippen LogP contribution is -2.47. The van der Waals surface area contributed by atoms with Crippen molar-refractivity contribution >= 4 is 0 Å². The molecule has 3 unspecified atom stereocenters. The maximum atomic E-state index is 13.6. The number of hydrogen-bond donors (Lipinski definition) is 3. The van der Waals surface area contributed by atoms with Gasteiger partial charge < -0.3 is 19.7 Å². The summed E-state index contributed by atoms with van der Waals surface area (Å²) in [7, 11) is 0. The van der Waals surface area contributed by atoms with E-state index in [1.54, 1.807) is 6.92 Å². The van der Waals surface area contributed by atoms with Crippen molar-refractivity contribution in [3.05, 3.63) is 33.1 Å². The van der Waals surface area contributed by atoms with E-state index in [1.807, 2.05) is 0 Å². The van der Waals surface area contributed by atoms with E-state index in [-0.39, 0.29) is 6.42 Å². The van der Waals surface area contributed by atoms with E-state index in [4.69, 9.17) is 9.47 Å². The second-order valence-corrected chi connectivity index (χ2v) is 7.21. The van der Waals surface area contributed by atoms with Gasteiger partial charge in [0.25, 0.3) is 5.56 Å². The fourth-order valence-corrected chi connectivity index (χ4v) is 3.86. The number of aromatic amines is 1. The van der Waals surface area contributed by atoms with Crippen LogP contribution >= 0.6 is 0 Å². The summed E-state index contributed by atoms with van der Waals surface area (Å²) in [6.07, 6.45) is 2.53. The molecule has 1 saturated heterocycles. The molecule has 1 aromatic rings. The predicted molar refractivity (Wildman–Crippen MR) is 84.8 cm³/mol. The first-order chi connectivity index (χ1) is 11.7. The van der Waals surface area contributed by atoms with Gasteiger partial charge in [0.2, 0.25) is 0 Å². The zero-order valence-corrected chi connectivity index (χ0v) is 14.0. The van der Waals surface area contributed by atoms with Crippen LogP contribution in [0, 0.1) is 0 Å². The van der Waals surface area contributed by atoms with Crippen LogP contribution in [0.5, 0.6) is 0 Å². The van der Waals surface area contributed by atoms with Gasteiger partial charge in [-0.25, -0.2) is 9.18 Å². The summed E-state index contributed by atoms with van der Waals surface area (Å²) in [5.41, 5.74) is -4.12. The summed E-state index contributed by atoms with van der Waals surface area (Å²) in [5, 5.41) is 20.3. The zero-order valence-electron chi connectivity index (χ0n) is 14.0. The molecule has 9 heteroatoms. The molecule has 2 aliphatic rings. The van der Waals surface area contributed by atoms with Crippen LogP contribution in [-0.2, 0) is 9.47 Å². The Morgan fingerprint density at radius 1 is 1.44 bits per heavy atom. The Bertz CT molecular complexity index is 737. The van der Waals surface area contributed by atoms with E-state index >= 15 is 0 Å². The van der Waals surface area contributed by atoms with E-state index in [1.165, 1.54) is 6.20 Å². The first-order valence-corrected chi connectivity index (χ1v) is 8.34. The molecule has 8 nitrogen and oxygen atoms in total. The molecule has 1 aliphatic heterocycles. The van der Waals surface area contributed by atoms with E-state index < -0.39 is 47.7 Å². The van der Waals surface area contributed by atoms with Gasteiger partial charge >= 0.3 is 5.69 Å². The summed E-state index contributed by atoms with van der Waals surface area (Å²) in [6, 6.07) is 1.14. The molecule has 1 saturated carbocycles. The second-order valence-electron chi connectivity index (χ2n) is 7.21. The number of rotatable bonds is 5. The predicted octanol–water partition coefficient (Wildman–Crippen LogP) is 0.194. The van der Waals surface area contributed by atoms with Gasteiger partial charge in [-0.05, 0) is 19.8 Å². The highest BCUT2D eigenvalue weighted by Crippen LogP contribution is 2.49. The normalized spacial score (nSPS) is 34.5. The molecule has 2 fully saturated rings. The summed E-state index contributed by atoms with van der Waals surface area (Å²) in [4.78, 5) is 25.6. The van der Waals surface area contributed by atoms with Crippen molar-refractivity contribution in [2.24, 2.45) is 0 Å². The topological polar surface area (TPSA) is 114 Å². The molecule has 3 rings (SSSR count). The Labute approximate surface area is 143 Å². The number of ether oxygens (including phenoxy) is 2. The number of aromatic nitrogens is 2. The molecule has 0 aromatic carbocycles. The number of alkyl halides is 1. The van der Waals surface area contributed by atoms with Gasteiger partial charge in [0, 0.05) is 31.5 Å². The number of nitrogens with one attached hydrogen (secondary N) is 1. The Balaban J connectivity index is 2.02. The smallest absolute Gasteiger partial charge is 0.330 e. The van der Waals surface area contributed by atoms with Crippen LogP contribution in [0.3, 0.4) is 0 Å². The summed E-state index contributed by atoms with van der Waals surface area (Å²) in [5.74, 6) is -1.38. The molecule has 2 heterocycles. The third-order valence-electron chi connectivity index (χ3n) is 5.00. The van der Waals surface area contributed by atoms with E-state index in [0.29, 0.717) is 12.8 Å². The van der Waals surface area contributed by atoms with Gasteiger partial charge in [0.05, 0.1) is 6.61 Å². The van der Waals surface area contributed by atoms with E-state index in [2.05, 4.69) is 4.98 Å². The average Bonchev–Trinajstić information content (AvgIpc) is 3.09. The molecule has 3 N–H and O–H groups in total. The van der Waals surface area contributed by atoms with E-state index in [0.717, 1.165) is 23.5 Å². The molecule has 0 bridgehead atoms. The minimum Gasteiger partial charge on any atom is -0.393 e. The van der Waals surface area contributed by atoms with Crippen LogP contribution < -0.4 is 11.2 Å². The van der Waals surface area contributed by atoms with Crippen LogP contribution in [0.4, 0.5) is 4.39 Å². The Kier molecular flexibility index (Phi) is 4.61. The molecule has 0 amide bonds. The molecule has 1 aromatic heterocycles. The van der Waals surface area contributed by atoms with Crippen molar-refractivity contribution in [2.45, 2.75) is 62.2 Å². The lowest BCUT2D eigenvalue weighted by atomic mass is 9.91. The van der Waals surface area contributed by atoms with Crippen LogP contribution in [-0.4, -0.2) is 50.0 Å². The highest BCUT2D eigenvalue weighted by Gasteiger charge is 2.58. The van der Waals surface area contributed by atoms with Gasteiger partial charge in [0.15, 0.2) is 12.0 Å². The third-order valence-corrected chi connectivity index (χ3v) is 5.00. The molecular weight excluding hydrogens is 335 g/mol. The number of aliphatic hydroxyl groups is 2. The molecule has 3 atom stereocenters. The quantitative estimate of drug-likeness (QED) is 0.648. The largest absolute Gasteiger partial charge is 0.393 e. The fraction of sp³-hybridized carbons (Fsp3) is 0.750. The average molecular weight is 358 g/mol. The van der Waals surface area contributed by atoms with Gasteiger partial charge in [-0.2, -0.15) is 0 Å². The minimum absolute atomic E-state index is 0.0501. The van der Waals surface area contributed by atoms with Gasteiger partial charge in [-0.15, -0.1) is 0 Å². The standard InChI is InChI=1S/C16H23FN2O6/c1-14(25-16(23)5-2-3-6-16)8-15(9-17,10-20)24-12(14)19-7-4-11(21)18-13(19)22/h4,7,12,20,23H,2-3,5-6,8-10H2,1H3,(H,18,21,22). The number of halogens is 1. The number of H-pyrrole nitrogens is 1. The second kappa shape index (κ2) is 6.31. The third kappa shape index (κ3) is 3.29. The first kappa shape index (κ1) is 18.2. The molecule has 140 valence electrons. The van der Waals surface area contributed by atoms with Crippen molar-refractivity contribution in [3.63, 3.8) is 0 Å². The number of aliphatic hydroxyl groups excluding tert-OH is 1. The van der Waals surface area contributed by atoms with Crippen LogP contribution in [0.25, 0.3) is 0 Å². The van der Waals surface area contributed by atoms with Gasteiger partial charge in [-0.3, -0.25) is 14.3 Å². The zero-order chi connectivity index (χ0) is 18.3. The highest BCUT2D eigenvalue weighted by atomic mass is 19.1. The first-order valence-electron chi connectivity index (χ1n) is 8.34. The maximum Gasteiger partial charge on any atom is 0.330 e. The van der Waals surface area contributed by atoms with Crippen molar-refractivity contribution in [1.29, 1.82) is 0 Å². The van der Waals surface area contributed by atoms with E-state index in [9.17, 15) is 24.2 Å². The monoisotopic (exact) mass is 358 g/mol. The fourth-order valence-electron chi connectivity index (χ4n) is 3.86. The summed E-state index contributed by atoms with van der Waals surface area (Å²) >= 11 is 0. The Hall–Kier alpha value is -1.55. The van der Waals surface area contributed by atoms with Gasteiger partial charge in [0.1, 0.15) is 17.9 Å². The van der Waals surface area contributed by atoms with Gasteiger partial charge in [-0.1, -0.05) is 0 Å². The number of hydrogen-bond acceptors (Lipinski definition) is 6. The maximum absolute atomic E-state index is 13.6. The lowest BCUT2D eigenvalue weighted by molar-refractivity contribution is -0.277. The molecule has 0 radical (unpaired) electrons. The van der Waals surface area contributed by atoms with Crippen LogP contribution in [0.15, 0.2) is 21.9 Å². The molecule has 1 aliphatic carbocycles. The van der Waals surface area contributed by atoms with Crippen LogP contribution in [0.1, 0.15) is 45.3 Å². The lowest BCUT2D eigenvalue weighted by Gasteiger charge is -2.37. The van der Waals surface area contributed by atoms with Crippen molar-refractivity contribution in [1.82, 2.24) is 9.55 Å². The van der Waals surface area contributed by atoms with Crippen LogP contribution in [0.2, 0.25) is 0 Å². The Morgan fingerprint density at radius 3 is 2.68 bits per heavy atom. The van der Waals surface area contributed by atoms with Crippen molar-refractivity contribution < 1.29 is 24.1 Å².